The number of nitrogens with zero attached hydrogens (tertiary/aromatic N) is 2. The van der Waals surface area contributed by atoms with Crippen LogP contribution in [0, 0.1) is 5.21 Å². The van der Waals surface area contributed by atoms with Gasteiger partial charge in [0, 0.05) is 0 Å². The van der Waals surface area contributed by atoms with Crippen LogP contribution in [0.5, 0.6) is 0 Å². The largest absolute Gasteiger partial charge is 1.00 e. The molecule has 0 fully saturated rings. The number of hydrogen-bond acceptors (Lipinski definition) is 1. The summed E-state index contributed by atoms with van der Waals surface area (Å²) in [5.74, 6) is 0.551. The molecule has 10 heavy (non-hydrogen) atoms. The molecule has 0 heterocycles. The second-order valence-corrected chi connectivity index (χ2v) is 2.21. The lowest BCUT2D eigenvalue weighted by atomic mass is 10.7. The molecular formula is C5H13IN3O-. The average molecular weight is 258 g/mol. The summed E-state index contributed by atoms with van der Waals surface area (Å²) < 4.78 is 0. The third-order valence-corrected chi connectivity index (χ3v) is 0.939. The Hall–Kier alpha value is -0.200. The quantitative estimate of drug-likeness (QED) is 0.156. The van der Waals surface area contributed by atoms with Crippen molar-refractivity contribution in [3.63, 3.8) is 0 Å². The van der Waals surface area contributed by atoms with Gasteiger partial charge < -0.3 is 29.2 Å². The summed E-state index contributed by atoms with van der Waals surface area (Å²) in [5.41, 5.74) is 0. The molecule has 0 aromatic carbocycles. The molecule has 0 bridgehead atoms. The number of guanidine groups is 1. The van der Waals surface area contributed by atoms with Gasteiger partial charge >= 0.3 is 5.96 Å². The fourth-order valence-electron chi connectivity index (χ4n) is 0.583. The minimum atomic E-state index is 0. The predicted octanol–water partition coefficient (Wildman–Crippen LogP) is -4.95. The van der Waals surface area contributed by atoms with Gasteiger partial charge in [0.1, 0.15) is 0 Å². The molecule has 0 atom stereocenters. The lowest BCUT2D eigenvalue weighted by Gasteiger charge is -2.15. The zero-order valence-electron chi connectivity index (χ0n) is 6.68. The van der Waals surface area contributed by atoms with Crippen molar-refractivity contribution in [3.8, 4) is 0 Å². The summed E-state index contributed by atoms with van der Waals surface area (Å²) in [6.07, 6.45) is 0. The maximum atomic E-state index is 10.1. The highest BCUT2D eigenvalue weighted by Gasteiger charge is 2.08. The maximum Gasteiger partial charge on any atom is 0.347 e. The van der Waals surface area contributed by atoms with E-state index < -0.39 is 0 Å². The Balaban J connectivity index is 0. The van der Waals surface area contributed by atoms with E-state index in [4.69, 9.17) is 0 Å². The van der Waals surface area contributed by atoms with E-state index in [1.807, 2.05) is 5.16 Å². The molecule has 4 nitrogen and oxygen atoms in total. The van der Waals surface area contributed by atoms with Crippen LogP contribution in [-0.4, -0.2) is 44.0 Å². The van der Waals surface area contributed by atoms with Gasteiger partial charge in [0.2, 0.25) is 0 Å². The maximum absolute atomic E-state index is 10.1. The molecule has 0 spiro atoms. The second kappa shape index (κ2) is 5.57. The van der Waals surface area contributed by atoms with Crippen LogP contribution in [0.25, 0.3) is 0 Å². The van der Waals surface area contributed by atoms with E-state index in [9.17, 15) is 5.21 Å². The van der Waals surface area contributed by atoms with Gasteiger partial charge in [0.05, 0.1) is 28.2 Å². The van der Waals surface area contributed by atoms with Gasteiger partial charge in [-0.25, -0.2) is 0 Å². The molecule has 5 heteroatoms. The van der Waals surface area contributed by atoms with Gasteiger partial charge in [0.25, 0.3) is 0 Å². The first kappa shape index (κ1) is 12.5. The number of rotatable bonds is 0. The molecule has 0 aromatic rings. The Labute approximate surface area is 78.5 Å². The fraction of sp³-hybridized carbons (Fsp3) is 0.800. The van der Waals surface area contributed by atoms with Crippen LogP contribution in [-0.2, 0) is 0 Å². The van der Waals surface area contributed by atoms with Crippen molar-refractivity contribution in [1.82, 2.24) is 9.80 Å². The van der Waals surface area contributed by atoms with E-state index in [1.54, 1.807) is 38.0 Å². The lowest BCUT2D eigenvalue weighted by molar-refractivity contribution is -0.387. The smallest absolute Gasteiger partial charge is 0.347 e. The standard InChI is InChI=1S/C5H13N3O.HI/c1-7(2)5(6-9)8(3)4;/h6H,1-4H3;1H/p-1. The molecule has 62 valence electrons. The van der Waals surface area contributed by atoms with Crippen molar-refractivity contribution in [3.05, 3.63) is 5.21 Å². The molecule has 0 radical (unpaired) electrons. The summed E-state index contributed by atoms with van der Waals surface area (Å²) in [6, 6.07) is 0. The van der Waals surface area contributed by atoms with E-state index >= 15 is 0 Å². The minimum Gasteiger partial charge on any atom is -1.00 e. The van der Waals surface area contributed by atoms with Crippen LogP contribution in [0.1, 0.15) is 0 Å². The van der Waals surface area contributed by atoms with Crippen molar-refractivity contribution < 1.29 is 29.1 Å². The highest BCUT2D eigenvalue weighted by atomic mass is 127. The van der Waals surface area contributed by atoms with Crippen LogP contribution in [0.15, 0.2) is 0 Å². The molecule has 1 N–H and O–H groups in total. The Morgan fingerprint density at radius 3 is 1.40 bits per heavy atom. The molecule has 0 amide bonds. The van der Waals surface area contributed by atoms with Gasteiger partial charge in [-0.15, -0.1) is 0 Å². The number of nitrogens with one attached hydrogen (secondary N) is 1. The first-order chi connectivity index (χ1) is 4.09. The highest BCUT2D eigenvalue weighted by Crippen LogP contribution is 1.77. The summed E-state index contributed by atoms with van der Waals surface area (Å²) in [4.78, 5) is 3.43. The molecule has 0 aliphatic rings. The predicted molar refractivity (Wildman–Crippen MR) is 36.7 cm³/mol. The first-order valence-corrected chi connectivity index (χ1v) is 2.69. The molecule has 0 saturated carbocycles. The zero-order chi connectivity index (χ0) is 7.44. The third-order valence-electron chi connectivity index (χ3n) is 0.939. The van der Waals surface area contributed by atoms with Crippen molar-refractivity contribution in [2.24, 2.45) is 0 Å². The van der Waals surface area contributed by atoms with Gasteiger partial charge in [0.15, 0.2) is 0 Å². The van der Waals surface area contributed by atoms with E-state index in [-0.39, 0.29) is 24.0 Å². The molecule has 0 aromatic heterocycles. The summed E-state index contributed by atoms with van der Waals surface area (Å²) in [5, 5.41) is 12.0. The second-order valence-electron chi connectivity index (χ2n) is 2.21. The Morgan fingerprint density at radius 2 is 1.40 bits per heavy atom. The van der Waals surface area contributed by atoms with Crippen LogP contribution in [0.2, 0.25) is 0 Å². The van der Waals surface area contributed by atoms with Gasteiger partial charge in [-0.05, 0) is 0 Å². The van der Waals surface area contributed by atoms with E-state index in [1.165, 1.54) is 0 Å². The molecular weight excluding hydrogens is 245 g/mol. The SMILES string of the molecule is CN(C)C(=[NH+][O-])N(C)C.[I-]. The molecule has 0 unspecified atom stereocenters. The van der Waals surface area contributed by atoms with Crippen LogP contribution < -0.4 is 29.1 Å². The molecule has 0 aliphatic heterocycles. The van der Waals surface area contributed by atoms with Gasteiger partial charge in [-0.1, -0.05) is 0 Å². The normalized spacial score (nSPS) is 7.60. The monoisotopic (exact) mass is 258 g/mol. The Kier molecular flexibility index (Phi) is 6.95. The Morgan fingerprint density at radius 1 is 1.10 bits per heavy atom. The van der Waals surface area contributed by atoms with Crippen molar-refractivity contribution >= 4 is 5.96 Å². The average Bonchev–Trinajstić information content (AvgIpc) is 1.64. The van der Waals surface area contributed by atoms with Crippen molar-refractivity contribution in [2.75, 3.05) is 28.2 Å². The van der Waals surface area contributed by atoms with Crippen LogP contribution >= 0.6 is 0 Å². The van der Waals surface area contributed by atoms with E-state index in [0.29, 0.717) is 5.96 Å². The highest BCUT2D eigenvalue weighted by molar-refractivity contribution is 5.73. The topological polar surface area (TPSA) is 43.5 Å². The molecule has 0 aliphatic carbocycles. The first-order valence-electron chi connectivity index (χ1n) is 2.69. The lowest BCUT2D eigenvalue weighted by Crippen LogP contribution is -3.00. The van der Waals surface area contributed by atoms with Crippen LogP contribution in [0.3, 0.4) is 0 Å². The summed E-state index contributed by atoms with van der Waals surface area (Å²) in [7, 11) is 7.22. The Bertz CT molecular complexity index is 103. The zero-order valence-corrected chi connectivity index (χ0v) is 8.84. The minimum absolute atomic E-state index is 0. The van der Waals surface area contributed by atoms with Gasteiger partial charge in [-0.2, -0.15) is 0 Å². The molecule has 0 saturated heterocycles. The van der Waals surface area contributed by atoms with Crippen molar-refractivity contribution in [2.45, 2.75) is 0 Å². The van der Waals surface area contributed by atoms with E-state index in [0.717, 1.165) is 0 Å². The summed E-state index contributed by atoms with van der Waals surface area (Å²) >= 11 is 0. The van der Waals surface area contributed by atoms with Crippen molar-refractivity contribution in [1.29, 1.82) is 0 Å². The summed E-state index contributed by atoms with van der Waals surface area (Å²) in [6.45, 7) is 0. The number of halogens is 1. The third kappa shape index (κ3) is 3.76. The number of hydrogen-bond donors (Lipinski definition) is 1. The van der Waals surface area contributed by atoms with Crippen LogP contribution in [0.4, 0.5) is 0 Å². The van der Waals surface area contributed by atoms with E-state index in [2.05, 4.69) is 0 Å². The van der Waals surface area contributed by atoms with Gasteiger partial charge in [-0.3, -0.25) is 15.0 Å². The molecule has 0 rings (SSSR count). The fourth-order valence-corrected chi connectivity index (χ4v) is 0.583.